The summed E-state index contributed by atoms with van der Waals surface area (Å²) in [6.07, 6.45) is 1.23. The minimum atomic E-state index is -0.136. The highest BCUT2D eigenvalue weighted by molar-refractivity contribution is 6.05. The van der Waals surface area contributed by atoms with Crippen molar-refractivity contribution in [2.24, 2.45) is 0 Å². The standard InChI is InChI=1S/C20H23N3O2/c1-4-23-18-10-9-16(12-14(18)8-11-19(23)24)21-20(25)15-6-5-7-17(13-15)22(2)3/h5-7,9-10,12-13H,4,8,11H2,1-3H3,(H,21,25). The van der Waals surface area contributed by atoms with Gasteiger partial charge in [0.2, 0.25) is 5.91 Å². The van der Waals surface area contributed by atoms with Gasteiger partial charge in [0.05, 0.1) is 0 Å². The number of hydrogen-bond donors (Lipinski definition) is 1. The van der Waals surface area contributed by atoms with Gasteiger partial charge in [-0.2, -0.15) is 0 Å². The van der Waals surface area contributed by atoms with Crippen LogP contribution in [-0.4, -0.2) is 32.5 Å². The predicted molar refractivity (Wildman–Crippen MR) is 102 cm³/mol. The summed E-state index contributed by atoms with van der Waals surface area (Å²) in [5.74, 6) is 0.0233. The van der Waals surface area contributed by atoms with E-state index in [9.17, 15) is 9.59 Å². The van der Waals surface area contributed by atoms with E-state index in [0.717, 1.165) is 22.6 Å². The third-order valence-corrected chi connectivity index (χ3v) is 4.48. The maximum Gasteiger partial charge on any atom is 0.255 e. The van der Waals surface area contributed by atoms with E-state index in [0.29, 0.717) is 24.9 Å². The Kier molecular flexibility index (Phi) is 4.74. The summed E-state index contributed by atoms with van der Waals surface area (Å²) in [5.41, 5.74) is 4.40. The molecule has 3 rings (SSSR count). The average Bonchev–Trinajstić information content (AvgIpc) is 2.62. The van der Waals surface area contributed by atoms with E-state index in [1.807, 2.05) is 62.3 Å². The summed E-state index contributed by atoms with van der Waals surface area (Å²) in [5, 5.41) is 2.96. The van der Waals surface area contributed by atoms with E-state index < -0.39 is 0 Å². The highest BCUT2D eigenvalue weighted by atomic mass is 16.2. The highest BCUT2D eigenvalue weighted by Gasteiger charge is 2.23. The molecular formula is C20H23N3O2. The number of rotatable bonds is 4. The number of anilines is 3. The van der Waals surface area contributed by atoms with Gasteiger partial charge >= 0.3 is 0 Å². The van der Waals surface area contributed by atoms with E-state index in [1.54, 1.807) is 11.0 Å². The zero-order valence-corrected chi connectivity index (χ0v) is 14.9. The van der Waals surface area contributed by atoms with Crippen LogP contribution in [0.4, 0.5) is 17.1 Å². The monoisotopic (exact) mass is 337 g/mol. The molecule has 0 spiro atoms. The largest absolute Gasteiger partial charge is 0.378 e. The molecule has 0 atom stereocenters. The molecule has 0 aromatic heterocycles. The second-order valence-electron chi connectivity index (χ2n) is 6.38. The molecule has 0 aliphatic carbocycles. The third-order valence-electron chi connectivity index (χ3n) is 4.48. The summed E-state index contributed by atoms with van der Waals surface area (Å²) in [6, 6.07) is 13.3. The molecule has 25 heavy (non-hydrogen) atoms. The molecule has 0 fully saturated rings. The molecule has 0 saturated heterocycles. The first-order valence-electron chi connectivity index (χ1n) is 8.51. The molecule has 1 N–H and O–H groups in total. The van der Waals surface area contributed by atoms with E-state index >= 15 is 0 Å². The van der Waals surface area contributed by atoms with Crippen molar-refractivity contribution in [3.05, 3.63) is 53.6 Å². The summed E-state index contributed by atoms with van der Waals surface area (Å²) in [6.45, 7) is 2.63. The number of fused-ring (bicyclic) bond motifs is 1. The Bertz CT molecular complexity index is 814. The molecule has 1 aliphatic heterocycles. The van der Waals surface area contributed by atoms with Gasteiger partial charge in [-0.25, -0.2) is 0 Å². The van der Waals surface area contributed by atoms with Crippen molar-refractivity contribution >= 4 is 28.9 Å². The Balaban J connectivity index is 1.81. The number of amides is 2. The van der Waals surface area contributed by atoms with Crippen molar-refractivity contribution in [1.29, 1.82) is 0 Å². The van der Waals surface area contributed by atoms with Gasteiger partial charge in [0.15, 0.2) is 0 Å². The minimum absolute atomic E-state index is 0.136. The molecule has 1 heterocycles. The van der Waals surface area contributed by atoms with Crippen LogP contribution in [-0.2, 0) is 11.2 Å². The van der Waals surface area contributed by atoms with Gasteiger partial charge in [0.1, 0.15) is 0 Å². The van der Waals surface area contributed by atoms with E-state index in [-0.39, 0.29) is 11.8 Å². The normalized spacial score (nSPS) is 13.4. The zero-order valence-electron chi connectivity index (χ0n) is 14.9. The van der Waals surface area contributed by atoms with Gasteiger partial charge in [-0.15, -0.1) is 0 Å². The van der Waals surface area contributed by atoms with Gasteiger partial charge in [0, 0.05) is 49.7 Å². The molecule has 130 valence electrons. The Morgan fingerprint density at radius 1 is 1.16 bits per heavy atom. The van der Waals surface area contributed by atoms with Crippen LogP contribution in [0.3, 0.4) is 0 Å². The van der Waals surface area contributed by atoms with Crippen molar-refractivity contribution in [2.45, 2.75) is 19.8 Å². The van der Waals surface area contributed by atoms with Crippen molar-refractivity contribution in [3.63, 3.8) is 0 Å². The first kappa shape index (κ1) is 17.0. The Morgan fingerprint density at radius 3 is 2.68 bits per heavy atom. The fourth-order valence-corrected chi connectivity index (χ4v) is 3.11. The van der Waals surface area contributed by atoms with Crippen LogP contribution in [0.1, 0.15) is 29.3 Å². The van der Waals surface area contributed by atoms with Crippen molar-refractivity contribution < 1.29 is 9.59 Å². The topological polar surface area (TPSA) is 52.7 Å². The molecule has 2 aromatic rings. The number of aryl methyl sites for hydroxylation is 1. The SMILES string of the molecule is CCN1C(=O)CCc2cc(NC(=O)c3cccc(N(C)C)c3)ccc21. The molecule has 2 amide bonds. The predicted octanol–water partition coefficient (Wildman–Crippen LogP) is 3.30. The van der Waals surface area contributed by atoms with Gasteiger partial charge < -0.3 is 15.1 Å². The number of carbonyl (C=O) groups excluding carboxylic acids is 2. The number of nitrogens with one attached hydrogen (secondary N) is 1. The molecule has 5 heteroatoms. The summed E-state index contributed by atoms with van der Waals surface area (Å²) in [4.78, 5) is 28.3. The van der Waals surface area contributed by atoms with Gasteiger partial charge in [-0.1, -0.05) is 6.07 Å². The molecule has 1 aliphatic rings. The Morgan fingerprint density at radius 2 is 1.96 bits per heavy atom. The molecule has 2 aromatic carbocycles. The van der Waals surface area contributed by atoms with E-state index in [4.69, 9.17) is 0 Å². The molecule has 0 saturated carbocycles. The summed E-state index contributed by atoms with van der Waals surface area (Å²) < 4.78 is 0. The number of benzene rings is 2. The number of nitrogens with zero attached hydrogens (tertiary/aromatic N) is 2. The maximum absolute atomic E-state index is 12.5. The Hall–Kier alpha value is -2.82. The summed E-state index contributed by atoms with van der Waals surface area (Å²) in [7, 11) is 3.89. The molecule has 0 bridgehead atoms. The average molecular weight is 337 g/mol. The molecule has 0 radical (unpaired) electrons. The number of carbonyl (C=O) groups is 2. The minimum Gasteiger partial charge on any atom is -0.378 e. The first-order valence-corrected chi connectivity index (χ1v) is 8.51. The first-order chi connectivity index (χ1) is 12.0. The molecule has 0 unspecified atom stereocenters. The van der Waals surface area contributed by atoms with Crippen LogP contribution >= 0.6 is 0 Å². The zero-order chi connectivity index (χ0) is 18.0. The van der Waals surface area contributed by atoms with Crippen LogP contribution < -0.4 is 15.1 Å². The smallest absolute Gasteiger partial charge is 0.255 e. The quantitative estimate of drug-likeness (QED) is 0.931. The van der Waals surface area contributed by atoms with Crippen molar-refractivity contribution in [3.8, 4) is 0 Å². The fourth-order valence-electron chi connectivity index (χ4n) is 3.11. The lowest BCUT2D eigenvalue weighted by Gasteiger charge is -2.28. The van der Waals surface area contributed by atoms with Gasteiger partial charge in [0.25, 0.3) is 5.91 Å². The van der Waals surface area contributed by atoms with Crippen molar-refractivity contribution in [1.82, 2.24) is 0 Å². The van der Waals surface area contributed by atoms with Crippen LogP contribution in [0, 0.1) is 0 Å². The molecule has 5 nitrogen and oxygen atoms in total. The van der Waals surface area contributed by atoms with Gasteiger partial charge in [-0.05, 0) is 55.3 Å². The van der Waals surface area contributed by atoms with Crippen LogP contribution in [0.5, 0.6) is 0 Å². The third kappa shape index (κ3) is 3.50. The lowest BCUT2D eigenvalue weighted by molar-refractivity contribution is -0.118. The maximum atomic E-state index is 12.5. The molecular weight excluding hydrogens is 314 g/mol. The highest BCUT2D eigenvalue weighted by Crippen LogP contribution is 2.30. The van der Waals surface area contributed by atoms with Crippen LogP contribution in [0.15, 0.2) is 42.5 Å². The Labute approximate surface area is 148 Å². The second-order valence-corrected chi connectivity index (χ2v) is 6.38. The number of hydrogen-bond acceptors (Lipinski definition) is 3. The van der Waals surface area contributed by atoms with Crippen molar-refractivity contribution in [2.75, 3.05) is 35.8 Å². The lowest BCUT2D eigenvalue weighted by Crippen LogP contribution is -2.34. The van der Waals surface area contributed by atoms with E-state index in [2.05, 4.69) is 5.32 Å². The lowest BCUT2D eigenvalue weighted by atomic mass is 10.0. The van der Waals surface area contributed by atoms with Crippen LogP contribution in [0.2, 0.25) is 0 Å². The van der Waals surface area contributed by atoms with Gasteiger partial charge in [-0.3, -0.25) is 9.59 Å². The van der Waals surface area contributed by atoms with Crippen LogP contribution in [0.25, 0.3) is 0 Å². The van der Waals surface area contributed by atoms with E-state index in [1.165, 1.54) is 0 Å². The fraction of sp³-hybridized carbons (Fsp3) is 0.300. The second kappa shape index (κ2) is 6.97. The summed E-state index contributed by atoms with van der Waals surface area (Å²) >= 11 is 0.